The number of rotatable bonds is 6. The SMILES string of the molecule is CCOC(=O)COCCN1CCCC2C(=O)NCC21. The number of piperidine rings is 1. The molecule has 1 N–H and O–H groups in total. The molecule has 0 spiro atoms. The van der Waals surface area contributed by atoms with E-state index in [1.54, 1.807) is 6.92 Å². The normalized spacial score (nSPS) is 26.9. The van der Waals surface area contributed by atoms with Crippen molar-refractivity contribution in [3.63, 3.8) is 0 Å². The van der Waals surface area contributed by atoms with Gasteiger partial charge in [0.15, 0.2) is 0 Å². The van der Waals surface area contributed by atoms with Crippen LogP contribution in [0.2, 0.25) is 0 Å². The first-order valence-electron chi connectivity index (χ1n) is 6.97. The summed E-state index contributed by atoms with van der Waals surface area (Å²) in [4.78, 5) is 25.0. The molecule has 2 heterocycles. The zero-order valence-corrected chi connectivity index (χ0v) is 11.4. The maximum Gasteiger partial charge on any atom is 0.332 e. The average Bonchev–Trinajstić information content (AvgIpc) is 2.78. The monoisotopic (exact) mass is 270 g/mol. The van der Waals surface area contributed by atoms with Gasteiger partial charge in [0.05, 0.1) is 19.1 Å². The van der Waals surface area contributed by atoms with E-state index in [2.05, 4.69) is 10.2 Å². The molecule has 0 aliphatic carbocycles. The summed E-state index contributed by atoms with van der Waals surface area (Å²) in [6, 6.07) is 0.299. The molecule has 108 valence electrons. The number of esters is 1. The standard InChI is InChI=1S/C13H22N2O4/c1-2-19-12(16)9-18-7-6-15-5-3-4-10-11(15)8-14-13(10)17/h10-11H,2-9H2,1H3,(H,14,17). The molecule has 0 aromatic rings. The zero-order chi connectivity index (χ0) is 13.7. The third-order valence-electron chi connectivity index (χ3n) is 3.76. The molecule has 2 aliphatic rings. The number of hydrogen-bond donors (Lipinski definition) is 1. The van der Waals surface area contributed by atoms with Crippen molar-refractivity contribution in [2.24, 2.45) is 5.92 Å². The lowest BCUT2D eigenvalue weighted by Gasteiger charge is -2.35. The van der Waals surface area contributed by atoms with Gasteiger partial charge in [0.2, 0.25) is 5.91 Å². The van der Waals surface area contributed by atoms with Gasteiger partial charge in [0.25, 0.3) is 0 Å². The maximum atomic E-state index is 11.6. The van der Waals surface area contributed by atoms with Gasteiger partial charge < -0.3 is 14.8 Å². The second-order valence-corrected chi connectivity index (χ2v) is 4.95. The van der Waals surface area contributed by atoms with Gasteiger partial charge in [0.1, 0.15) is 6.61 Å². The fourth-order valence-electron chi connectivity index (χ4n) is 2.86. The predicted octanol–water partition coefficient (Wildman–Crippen LogP) is -0.223. The smallest absolute Gasteiger partial charge is 0.332 e. The van der Waals surface area contributed by atoms with E-state index in [9.17, 15) is 9.59 Å². The molecular formula is C13H22N2O4. The van der Waals surface area contributed by atoms with Crippen molar-refractivity contribution < 1.29 is 19.1 Å². The first kappa shape index (κ1) is 14.3. The van der Waals surface area contributed by atoms with Crippen LogP contribution in [0.1, 0.15) is 19.8 Å². The topological polar surface area (TPSA) is 67.9 Å². The van der Waals surface area contributed by atoms with Crippen LogP contribution < -0.4 is 5.32 Å². The summed E-state index contributed by atoms with van der Waals surface area (Å²) in [5.74, 6) is -0.00215. The van der Waals surface area contributed by atoms with Crippen LogP contribution in [0.25, 0.3) is 0 Å². The minimum absolute atomic E-state index is 0.00690. The van der Waals surface area contributed by atoms with Gasteiger partial charge in [-0.3, -0.25) is 9.69 Å². The summed E-state index contributed by atoms with van der Waals surface area (Å²) in [7, 11) is 0. The van der Waals surface area contributed by atoms with Crippen LogP contribution in [0.15, 0.2) is 0 Å². The van der Waals surface area contributed by atoms with E-state index in [1.807, 2.05) is 0 Å². The largest absolute Gasteiger partial charge is 0.464 e. The number of ether oxygens (including phenoxy) is 2. The van der Waals surface area contributed by atoms with Gasteiger partial charge in [-0.05, 0) is 26.3 Å². The van der Waals surface area contributed by atoms with E-state index in [0.717, 1.165) is 32.5 Å². The summed E-state index contributed by atoms with van der Waals surface area (Å²) in [6.45, 7) is 5.15. The molecule has 2 rings (SSSR count). The molecule has 2 fully saturated rings. The van der Waals surface area contributed by atoms with Crippen molar-refractivity contribution in [3.05, 3.63) is 0 Å². The maximum absolute atomic E-state index is 11.6. The molecule has 1 amide bonds. The number of likely N-dealkylation sites (tertiary alicyclic amines) is 1. The van der Waals surface area contributed by atoms with E-state index in [0.29, 0.717) is 19.3 Å². The van der Waals surface area contributed by atoms with E-state index in [4.69, 9.17) is 9.47 Å². The minimum atomic E-state index is -0.322. The molecule has 19 heavy (non-hydrogen) atoms. The lowest BCUT2D eigenvalue weighted by Crippen LogP contribution is -2.46. The highest BCUT2D eigenvalue weighted by atomic mass is 16.6. The third kappa shape index (κ3) is 3.67. The fraction of sp³-hybridized carbons (Fsp3) is 0.846. The number of hydrogen-bond acceptors (Lipinski definition) is 5. The van der Waals surface area contributed by atoms with Crippen LogP contribution in [0.5, 0.6) is 0 Å². The third-order valence-corrected chi connectivity index (χ3v) is 3.76. The average molecular weight is 270 g/mol. The highest BCUT2D eigenvalue weighted by molar-refractivity contribution is 5.82. The van der Waals surface area contributed by atoms with Gasteiger partial charge in [0, 0.05) is 19.1 Å². The van der Waals surface area contributed by atoms with Crippen molar-refractivity contribution in [1.82, 2.24) is 10.2 Å². The van der Waals surface area contributed by atoms with Crippen molar-refractivity contribution in [2.75, 3.05) is 39.5 Å². The summed E-state index contributed by atoms with van der Waals surface area (Å²) in [5.41, 5.74) is 0. The number of amides is 1. The van der Waals surface area contributed by atoms with E-state index < -0.39 is 0 Å². The van der Waals surface area contributed by atoms with Crippen molar-refractivity contribution >= 4 is 11.9 Å². The van der Waals surface area contributed by atoms with Crippen LogP contribution >= 0.6 is 0 Å². The van der Waals surface area contributed by atoms with Gasteiger partial charge >= 0.3 is 5.97 Å². The van der Waals surface area contributed by atoms with Crippen molar-refractivity contribution in [1.29, 1.82) is 0 Å². The van der Waals surface area contributed by atoms with Crippen molar-refractivity contribution in [3.8, 4) is 0 Å². The molecule has 2 saturated heterocycles. The van der Waals surface area contributed by atoms with E-state index in [-0.39, 0.29) is 24.4 Å². The number of carbonyl (C=O) groups excluding carboxylic acids is 2. The van der Waals surface area contributed by atoms with Crippen LogP contribution in [0, 0.1) is 5.92 Å². The van der Waals surface area contributed by atoms with Gasteiger partial charge in [-0.1, -0.05) is 0 Å². The molecule has 2 unspecified atom stereocenters. The quantitative estimate of drug-likeness (QED) is 0.534. The minimum Gasteiger partial charge on any atom is -0.464 e. The summed E-state index contributed by atoms with van der Waals surface area (Å²) in [5, 5.41) is 2.92. The van der Waals surface area contributed by atoms with Crippen LogP contribution in [0.3, 0.4) is 0 Å². The molecule has 0 radical (unpaired) electrons. The molecule has 0 aromatic heterocycles. The zero-order valence-electron chi connectivity index (χ0n) is 11.4. The Morgan fingerprint density at radius 1 is 1.53 bits per heavy atom. The molecule has 0 bridgehead atoms. The Hall–Kier alpha value is -1.14. The predicted molar refractivity (Wildman–Crippen MR) is 68.5 cm³/mol. The lowest BCUT2D eigenvalue weighted by molar-refractivity contribution is -0.148. The molecule has 0 saturated carbocycles. The van der Waals surface area contributed by atoms with Crippen molar-refractivity contribution in [2.45, 2.75) is 25.8 Å². The fourth-order valence-corrected chi connectivity index (χ4v) is 2.86. The highest BCUT2D eigenvalue weighted by Gasteiger charge is 2.40. The number of carbonyl (C=O) groups is 2. The first-order valence-corrected chi connectivity index (χ1v) is 6.97. The molecule has 6 heteroatoms. The Morgan fingerprint density at radius 3 is 3.16 bits per heavy atom. The van der Waals surface area contributed by atoms with Crippen LogP contribution in [0.4, 0.5) is 0 Å². The summed E-state index contributed by atoms with van der Waals surface area (Å²) < 4.78 is 10.1. The molecule has 6 nitrogen and oxygen atoms in total. The summed E-state index contributed by atoms with van der Waals surface area (Å²) >= 11 is 0. The molecule has 0 aromatic carbocycles. The van der Waals surface area contributed by atoms with Gasteiger partial charge in [-0.25, -0.2) is 4.79 Å². The lowest BCUT2D eigenvalue weighted by atomic mass is 9.91. The number of fused-ring (bicyclic) bond motifs is 1. The summed E-state index contributed by atoms with van der Waals surface area (Å²) in [6.07, 6.45) is 2.03. The van der Waals surface area contributed by atoms with Crippen LogP contribution in [-0.2, 0) is 19.1 Å². The Labute approximate surface area is 113 Å². The Kier molecular flexibility index (Phi) is 5.15. The number of nitrogens with one attached hydrogen (secondary N) is 1. The Balaban J connectivity index is 1.68. The second-order valence-electron chi connectivity index (χ2n) is 4.95. The van der Waals surface area contributed by atoms with E-state index >= 15 is 0 Å². The second kappa shape index (κ2) is 6.86. The Bertz CT molecular complexity index is 335. The first-order chi connectivity index (χ1) is 9.22. The number of nitrogens with zero attached hydrogens (tertiary/aromatic N) is 1. The Morgan fingerprint density at radius 2 is 2.37 bits per heavy atom. The highest BCUT2D eigenvalue weighted by Crippen LogP contribution is 2.26. The molecule has 2 aliphatic heterocycles. The molecule has 2 atom stereocenters. The van der Waals surface area contributed by atoms with E-state index in [1.165, 1.54) is 0 Å². The van der Waals surface area contributed by atoms with Gasteiger partial charge in [-0.15, -0.1) is 0 Å². The molecular weight excluding hydrogens is 248 g/mol. The van der Waals surface area contributed by atoms with Crippen LogP contribution in [-0.4, -0.2) is 62.3 Å². The van der Waals surface area contributed by atoms with Gasteiger partial charge in [-0.2, -0.15) is 0 Å².